The Balaban J connectivity index is 4.17. The van der Waals surface area contributed by atoms with Crippen LogP contribution in [0.2, 0.25) is 0 Å². The van der Waals surface area contributed by atoms with Crippen molar-refractivity contribution in [2.45, 2.75) is 13.8 Å². The van der Waals surface area contributed by atoms with Gasteiger partial charge >= 0.3 is 5.97 Å². The van der Waals surface area contributed by atoms with Crippen molar-refractivity contribution in [2.24, 2.45) is 5.10 Å². The van der Waals surface area contributed by atoms with Crippen LogP contribution in [0.25, 0.3) is 0 Å². The fourth-order valence-corrected chi connectivity index (χ4v) is 0.563. The number of nitrogens with zero attached hydrogens (tertiary/aromatic N) is 2. The molecule has 0 spiro atoms. The Morgan fingerprint density at radius 3 is 2.64 bits per heavy atom. The van der Waals surface area contributed by atoms with Crippen LogP contribution in [0, 0.1) is 0 Å². The largest absolute Gasteiger partial charge is 0.480 e. The quantitative estimate of drug-likeness (QED) is 0.486. The Kier molecular flexibility index (Phi) is 3.95. The van der Waals surface area contributed by atoms with Gasteiger partial charge in [0.05, 0.1) is 0 Å². The minimum absolute atomic E-state index is 0.139. The first-order chi connectivity index (χ1) is 5.11. The maximum Gasteiger partial charge on any atom is 0.325 e. The molecule has 0 aliphatic rings. The molecule has 0 aliphatic heterocycles. The van der Waals surface area contributed by atoms with Gasteiger partial charge in [-0.3, -0.25) is 9.80 Å². The molecule has 4 heteroatoms. The van der Waals surface area contributed by atoms with Crippen LogP contribution in [0.3, 0.4) is 0 Å². The van der Waals surface area contributed by atoms with Crippen LogP contribution < -0.4 is 0 Å². The second-order valence-corrected chi connectivity index (χ2v) is 2.02. The van der Waals surface area contributed by atoms with E-state index in [2.05, 4.69) is 11.8 Å². The average molecular weight is 156 g/mol. The third-order valence-corrected chi connectivity index (χ3v) is 1.28. The molecule has 0 atom stereocenters. The maximum absolute atomic E-state index is 10.2. The van der Waals surface area contributed by atoms with Crippen molar-refractivity contribution in [3.8, 4) is 0 Å². The normalized spacial score (nSPS) is 10.9. The summed E-state index contributed by atoms with van der Waals surface area (Å²) in [5.74, 6) is -0.918. The summed E-state index contributed by atoms with van der Waals surface area (Å²) in [6.07, 6.45) is 1.78. The van der Waals surface area contributed by atoms with Gasteiger partial charge in [-0.15, -0.1) is 0 Å². The standard InChI is InChI=1S/C7H12N2O2/c1-4-6(2)9(8-3)5-7(10)11/h4H,3,5H2,1-2H3,(H,10,11)/b6-4-. The lowest BCUT2D eigenvalue weighted by Gasteiger charge is -2.15. The summed E-state index contributed by atoms with van der Waals surface area (Å²) in [4.78, 5) is 10.2. The maximum atomic E-state index is 10.2. The van der Waals surface area contributed by atoms with Gasteiger partial charge in [-0.1, -0.05) is 6.08 Å². The van der Waals surface area contributed by atoms with Crippen molar-refractivity contribution in [1.82, 2.24) is 5.01 Å². The van der Waals surface area contributed by atoms with Crippen LogP contribution in [-0.2, 0) is 4.79 Å². The Labute approximate surface area is 65.8 Å². The van der Waals surface area contributed by atoms with E-state index >= 15 is 0 Å². The molecule has 0 aliphatic carbocycles. The van der Waals surface area contributed by atoms with E-state index in [1.54, 1.807) is 13.0 Å². The van der Waals surface area contributed by atoms with Gasteiger partial charge in [-0.05, 0) is 13.8 Å². The molecule has 4 nitrogen and oxygen atoms in total. The van der Waals surface area contributed by atoms with Crippen molar-refractivity contribution < 1.29 is 9.90 Å². The molecule has 0 aromatic carbocycles. The lowest BCUT2D eigenvalue weighted by Crippen LogP contribution is -2.22. The molecule has 0 bridgehead atoms. The molecule has 0 aromatic rings. The highest BCUT2D eigenvalue weighted by molar-refractivity contribution is 5.69. The number of hydrogen-bond acceptors (Lipinski definition) is 3. The van der Waals surface area contributed by atoms with E-state index < -0.39 is 5.97 Å². The SMILES string of the molecule is C=NN(CC(=O)O)/C(C)=C\C. The zero-order chi connectivity index (χ0) is 8.85. The smallest absolute Gasteiger partial charge is 0.325 e. The second kappa shape index (κ2) is 4.49. The van der Waals surface area contributed by atoms with E-state index in [4.69, 9.17) is 5.11 Å². The summed E-state index contributed by atoms with van der Waals surface area (Å²) in [5, 5.41) is 13.3. The number of aliphatic carboxylic acids is 1. The molecule has 0 saturated carbocycles. The molecular weight excluding hydrogens is 144 g/mol. The first kappa shape index (κ1) is 9.68. The van der Waals surface area contributed by atoms with Crippen molar-refractivity contribution in [2.75, 3.05) is 6.54 Å². The van der Waals surface area contributed by atoms with Gasteiger partial charge in [0.15, 0.2) is 0 Å². The molecule has 0 amide bonds. The molecule has 0 heterocycles. The number of rotatable bonds is 4. The Hall–Kier alpha value is -1.32. The van der Waals surface area contributed by atoms with Crippen LogP contribution in [0.5, 0.6) is 0 Å². The van der Waals surface area contributed by atoms with Gasteiger partial charge in [0.25, 0.3) is 0 Å². The predicted octanol–water partition coefficient (Wildman–Crippen LogP) is 0.912. The van der Waals surface area contributed by atoms with Crippen LogP contribution >= 0.6 is 0 Å². The van der Waals surface area contributed by atoms with Gasteiger partial charge in [0, 0.05) is 12.4 Å². The van der Waals surface area contributed by atoms with Gasteiger partial charge in [-0.25, -0.2) is 0 Å². The molecule has 0 unspecified atom stereocenters. The molecule has 0 fully saturated rings. The molecule has 62 valence electrons. The molecule has 0 saturated heterocycles. The van der Waals surface area contributed by atoms with Crippen molar-refractivity contribution in [3.63, 3.8) is 0 Å². The van der Waals surface area contributed by atoms with Crippen LogP contribution in [0.4, 0.5) is 0 Å². The van der Waals surface area contributed by atoms with E-state index in [9.17, 15) is 4.79 Å². The summed E-state index contributed by atoms with van der Waals surface area (Å²) in [6, 6.07) is 0. The number of carboxylic acid groups (broad SMARTS) is 1. The minimum atomic E-state index is -0.918. The highest BCUT2D eigenvalue weighted by atomic mass is 16.4. The fraction of sp³-hybridized carbons (Fsp3) is 0.429. The van der Waals surface area contributed by atoms with Gasteiger partial charge in [0.1, 0.15) is 6.54 Å². The highest BCUT2D eigenvalue weighted by Gasteiger charge is 2.05. The Bertz CT molecular complexity index is 187. The van der Waals surface area contributed by atoms with Crippen molar-refractivity contribution in [1.29, 1.82) is 0 Å². The second-order valence-electron chi connectivity index (χ2n) is 2.02. The first-order valence-electron chi connectivity index (χ1n) is 3.20. The third-order valence-electron chi connectivity index (χ3n) is 1.28. The molecule has 1 N–H and O–H groups in total. The zero-order valence-electron chi connectivity index (χ0n) is 6.74. The summed E-state index contributed by atoms with van der Waals surface area (Å²) >= 11 is 0. The van der Waals surface area contributed by atoms with Gasteiger partial charge < -0.3 is 5.11 Å². The van der Waals surface area contributed by atoms with E-state index in [1.807, 2.05) is 6.92 Å². The van der Waals surface area contributed by atoms with Gasteiger partial charge in [0.2, 0.25) is 0 Å². The fourth-order valence-electron chi connectivity index (χ4n) is 0.563. The van der Waals surface area contributed by atoms with Crippen molar-refractivity contribution >= 4 is 12.7 Å². The van der Waals surface area contributed by atoms with Crippen molar-refractivity contribution in [3.05, 3.63) is 11.8 Å². The Morgan fingerprint density at radius 1 is 1.82 bits per heavy atom. The number of carbonyl (C=O) groups is 1. The van der Waals surface area contributed by atoms with E-state index in [1.165, 1.54) is 5.01 Å². The number of hydrogen-bond donors (Lipinski definition) is 1. The van der Waals surface area contributed by atoms with Crippen LogP contribution in [0.15, 0.2) is 16.9 Å². The summed E-state index contributed by atoms with van der Waals surface area (Å²) in [6.45, 7) is 6.71. The molecular formula is C7H12N2O2. The van der Waals surface area contributed by atoms with E-state index in [0.717, 1.165) is 5.70 Å². The lowest BCUT2D eigenvalue weighted by atomic mass is 10.4. The average Bonchev–Trinajstić information content (AvgIpc) is 1.98. The summed E-state index contributed by atoms with van der Waals surface area (Å²) < 4.78 is 0. The third kappa shape index (κ3) is 3.40. The van der Waals surface area contributed by atoms with Crippen LogP contribution in [0.1, 0.15) is 13.8 Å². The number of hydrazone groups is 1. The molecule has 11 heavy (non-hydrogen) atoms. The van der Waals surface area contributed by atoms with Crippen LogP contribution in [-0.4, -0.2) is 29.3 Å². The molecule has 0 aromatic heterocycles. The number of allylic oxidation sites excluding steroid dienone is 2. The lowest BCUT2D eigenvalue weighted by molar-refractivity contribution is -0.137. The highest BCUT2D eigenvalue weighted by Crippen LogP contribution is 2.01. The minimum Gasteiger partial charge on any atom is -0.480 e. The predicted molar refractivity (Wildman–Crippen MR) is 43.3 cm³/mol. The first-order valence-corrected chi connectivity index (χ1v) is 3.20. The summed E-state index contributed by atoms with van der Waals surface area (Å²) in [7, 11) is 0. The zero-order valence-corrected chi connectivity index (χ0v) is 6.74. The summed E-state index contributed by atoms with van der Waals surface area (Å²) in [5.41, 5.74) is 0.780. The van der Waals surface area contributed by atoms with E-state index in [0.29, 0.717) is 0 Å². The Morgan fingerprint density at radius 2 is 2.36 bits per heavy atom. The monoisotopic (exact) mass is 156 g/mol. The molecule has 0 rings (SSSR count). The topological polar surface area (TPSA) is 52.9 Å². The van der Waals surface area contributed by atoms with Gasteiger partial charge in [-0.2, -0.15) is 5.10 Å². The van der Waals surface area contributed by atoms with E-state index in [-0.39, 0.29) is 6.54 Å². The molecule has 0 radical (unpaired) electrons. The number of carboxylic acids is 1.